The van der Waals surface area contributed by atoms with Crippen LogP contribution in [0.2, 0.25) is 5.15 Å². The second-order valence-electron chi connectivity index (χ2n) is 4.49. The van der Waals surface area contributed by atoms with Crippen molar-refractivity contribution in [2.75, 3.05) is 5.01 Å². The number of carbonyl (C=O) groups is 1. The van der Waals surface area contributed by atoms with Crippen molar-refractivity contribution >= 4 is 29.0 Å². The first-order chi connectivity index (χ1) is 8.15. The number of hydrogen-bond donors (Lipinski definition) is 0. The minimum absolute atomic E-state index is 0.0456. The molecule has 6 heteroatoms. The molecule has 0 radical (unpaired) electrons. The van der Waals surface area contributed by atoms with Crippen molar-refractivity contribution in [1.82, 2.24) is 9.97 Å². The quantitative estimate of drug-likeness (QED) is 0.805. The predicted molar refractivity (Wildman–Crippen MR) is 63.9 cm³/mol. The van der Waals surface area contributed by atoms with Crippen LogP contribution in [0.4, 0.5) is 5.82 Å². The van der Waals surface area contributed by atoms with E-state index in [4.69, 9.17) is 11.6 Å². The Balaban J connectivity index is 1.85. The van der Waals surface area contributed by atoms with Crippen molar-refractivity contribution in [3.8, 4) is 0 Å². The highest BCUT2D eigenvalue weighted by Crippen LogP contribution is 2.41. The number of amides is 1. The maximum absolute atomic E-state index is 11.8. The number of hydrazone groups is 1. The standard InChI is InChI=1S/C11H11ClN4O/c1-6-2-7(6)8-3-11(17)16(15-8)10-5-13-9(12)4-14-10/h4-7H,2-3H2,1H3. The van der Waals surface area contributed by atoms with E-state index in [0.29, 0.717) is 29.2 Å². The van der Waals surface area contributed by atoms with Crippen molar-refractivity contribution in [3.05, 3.63) is 17.5 Å². The van der Waals surface area contributed by atoms with Gasteiger partial charge in [0.15, 0.2) is 5.82 Å². The predicted octanol–water partition coefficient (Wildman–Crippen LogP) is 1.88. The van der Waals surface area contributed by atoms with E-state index in [1.54, 1.807) is 0 Å². The smallest absolute Gasteiger partial charge is 0.254 e. The summed E-state index contributed by atoms with van der Waals surface area (Å²) in [7, 11) is 0. The number of rotatable bonds is 2. The van der Waals surface area contributed by atoms with E-state index in [2.05, 4.69) is 22.0 Å². The van der Waals surface area contributed by atoms with Gasteiger partial charge in [-0.05, 0) is 12.3 Å². The molecule has 1 saturated carbocycles. The number of hydrogen-bond acceptors (Lipinski definition) is 4. The van der Waals surface area contributed by atoms with Gasteiger partial charge in [0, 0.05) is 5.92 Å². The van der Waals surface area contributed by atoms with Crippen molar-refractivity contribution in [1.29, 1.82) is 0 Å². The molecular weight excluding hydrogens is 240 g/mol. The van der Waals surface area contributed by atoms with Gasteiger partial charge in [-0.3, -0.25) is 4.79 Å². The minimum atomic E-state index is -0.0456. The van der Waals surface area contributed by atoms with Gasteiger partial charge in [-0.1, -0.05) is 18.5 Å². The zero-order valence-electron chi connectivity index (χ0n) is 9.30. The lowest BCUT2D eigenvalue weighted by molar-refractivity contribution is -0.117. The van der Waals surface area contributed by atoms with Crippen molar-refractivity contribution in [2.45, 2.75) is 19.8 Å². The molecule has 2 unspecified atom stereocenters. The molecule has 2 heterocycles. The SMILES string of the molecule is CC1CC1C1=NN(c2cnc(Cl)cn2)C(=O)C1. The van der Waals surface area contributed by atoms with Crippen LogP contribution >= 0.6 is 11.6 Å². The average molecular weight is 251 g/mol. The molecule has 0 saturated heterocycles. The molecule has 0 bridgehead atoms. The van der Waals surface area contributed by atoms with Crippen molar-refractivity contribution in [3.63, 3.8) is 0 Å². The number of aromatic nitrogens is 2. The van der Waals surface area contributed by atoms with Crippen LogP contribution in [0.5, 0.6) is 0 Å². The molecule has 1 fully saturated rings. The molecule has 1 aliphatic heterocycles. The lowest BCUT2D eigenvalue weighted by Crippen LogP contribution is -2.20. The topological polar surface area (TPSA) is 58.5 Å². The van der Waals surface area contributed by atoms with Crippen molar-refractivity contribution < 1.29 is 4.79 Å². The lowest BCUT2D eigenvalue weighted by atomic mass is 10.1. The monoisotopic (exact) mass is 250 g/mol. The van der Waals surface area contributed by atoms with Gasteiger partial charge in [-0.25, -0.2) is 9.97 Å². The lowest BCUT2D eigenvalue weighted by Gasteiger charge is -2.08. The number of halogens is 1. The van der Waals surface area contributed by atoms with Crippen LogP contribution in [0.1, 0.15) is 19.8 Å². The number of anilines is 1. The van der Waals surface area contributed by atoms with Crippen molar-refractivity contribution in [2.24, 2.45) is 16.9 Å². The minimum Gasteiger partial charge on any atom is -0.272 e. The van der Waals surface area contributed by atoms with Crippen LogP contribution in [0.15, 0.2) is 17.5 Å². The van der Waals surface area contributed by atoms with Gasteiger partial charge >= 0.3 is 0 Å². The molecule has 2 aliphatic rings. The van der Waals surface area contributed by atoms with Crippen LogP contribution < -0.4 is 5.01 Å². The molecule has 0 N–H and O–H groups in total. The maximum Gasteiger partial charge on any atom is 0.254 e. The normalized spacial score (nSPS) is 27.3. The summed E-state index contributed by atoms with van der Waals surface area (Å²) in [6, 6.07) is 0. The molecular formula is C11H11ClN4O. The molecule has 0 spiro atoms. The number of carbonyl (C=O) groups excluding carboxylic acids is 1. The zero-order valence-corrected chi connectivity index (χ0v) is 10.1. The molecule has 17 heavy (non-hydrogen) atoms. The first-order valence-corrected chi connectivity index (χ1v) is 5.91. The van der Waals surface area contributed by atoms with E-state index in [0.717, 1.165) is 12.1 Å². The molecule has 1 aromatic heterocycles. The molecule has 5 nitrogen and oxygen atoms in total. The second-order valence-corrected chi connectivity index (χ2v) is 4.88. The molecule has 1 amide bonds. The zero-order chi connectivity index (χ0) is 12.0. The third-order valence-corrected chi connectivity index (χ3v) is 3.35. The largest absolute Gasteiger partial charge is 0.272 e. The second kappa shape index (κ2) is 3.77. The Kier molecular flexibility index (Phi) is 2.36. The summed E-state index contributed by atoms with van der Waals surface area (Å²) in [6.45, 7) is 2.17. The van der Waals surface area contributed by atoms with Gasteiger partial charge in [0.05, 0.1) is 24.5 Å². The summed E-state index contributed by atoms with van der Waals surface area (Å²) in [4.78, 5) is 19.8. The Morgan fingerprint density at radius 3 is 2.76 bits per heavy atom. The fraction of sp³-hybridized carbons (Fsp3) is 0.455. The fourth-order valence-corrected chi connectivity index (χ4v) is 2.13. The highest BCUT2D eigenvalue weighted by Gasteiger charge is 2.41. The van der Waals surface area contributed by atoms with Gasteiger partial charge in [0.1, 0.15) is 5.15 Å². The van der Waals surface area contributed by atoms with Gasteiger partial charge < -0.3 is 0 Å². The third kappa shape index (κ3) is 1.91. The molecule has 1 aliphatic carbocycles. The number of nitrogens with zero attached hydrogens (tertiary/aromatic N) is 4. The maximum atomic E-state index is 11.8. The average Bonchev–Trinajstić information content (AvgIpc) is 2.90. The van der Waals surface area contributed by atoms with E-state index in [1.807, 2.05) is 0 Å². The van der Waals surface area contributed by atoms with E-state index >= 15 is 0 Å². The Labute approximate surface area is 104 Å². The van der Waals surface area contributed by atoms with Crippen LogP contribution in [-0.4, -0.2) is 21.6 Å². The van der Waals surface area contributed by atoms with E-state index in [9.17, 15) is 4.79 Å². The van der Waals surface area contributed by atoms with E-state index < -0.39 is 0 Å². The molecule has 0 aromatic carbocycles. The van der Waals surface area contributed by atoms with E-state index in [1.165, 1.54) is 17.4 Å². The summed E-state index contributed by atoms with van der Waals surface area (Å²) < 4.78 is 0. The van der Waals surface area contributed by atoms with E-state index in [-0.39, 0.29) is 5.91 Å². The summed E-state index contributed by atoms with van der Waals surface area (Å²) in [5, 5.41) is 5.97. The van der Waals surface area contributed by atoms with Crippen LogP contribution in [0, 0.1) is 11.8 Å². The summed E-state index contributed by atoms with van der Waals surface area (Å²) in [5.41, 5.74) is 0.972. The Bertz CT molecular complexity index is 499. The van der Waals surface area contributed by atoms with Gasteiger partial charge in [0.2, 0.25) is 0 Å². The molecule has 88 valence electrons. The van der Waals surface area contributed by atoms with Gasteiger partial charge in [-0.2, -0.15) is 10.1 Å². The summed E-state index contributed by atoms with van der Waals surface area (Å²) in [6.07, 6.45) is 4.41. The van der Waals surface area contributed by atoms with Crippen LogP contribution in [-0.2, 0) is 4.79 Å². The summed E-state index contributed by atoms with van der Waals surface area (Å²) >= 11 is 5.65. The molecule has 3 rings (SSSR count). The highest BCUT2D eigenvalue weighted by atomic mass is 35.5. The Hall–Kier alpha value is -1.49. The molecule has 1 aromatic rings. The Morgan fingerprint density at radius 1 is 1.41 bits per heavy atom. The van der Waals surface area contributed by atoms with Crippen LogP contribution in [0.25, 0.3) is 0 Å². The fourth-order valence-electron chi connectivity index (χ4n) is 2.03. The highest BCUT2D eigenvalue weighted by molar-refractivity contribution is 6.29. The van der Waals surface area contributed by atoms with Gasteiger partial charge in [0.25, 0.3) is 5.91 Å². The van der Waals surface area contributed by atoms with Crippen LogP contribution in [0.3, 0.4) is 0 Å². The first kappa shape index (κ1) is 10.7. The summed E-state index contributed by atoms with van der Waals surface area (Å²) in [5.74, 6) is 1.51. The van der Waals surface area contributed by atoms with Gasteiger partial charge in [-0.15, -0.1) is 0 Å². The molecule has 2 atom stereocenters. The Morgan fingerprint density at radius 2 is 2.18 bits per heavy atom. The first-order valence-electron chi connectivity index (χ1n) is 5.53. The third-order valence-electron chi connectivity index (χ3n) is 3.16.